The maximum absolute atomic E-state index is 13.5. The van der Waals surface area contributed by atoms with Crippen molar-refractivity contribution >= 4 is 17.7 Å². The summed E-state index contributed by atoms with van der Waals surface area (Å²) in [7, 11) is 1.57. The topological polar surface area (TPSA) is 76.5 Å². The molecule has 0 aliphatic heterocycles. The lowest BCUT2D eigenvalue weighted by Gasteiger charge is -2.25. The zero-order valence-electron chi connectivity index (χ0n) is 17.3. The predicted octanol–water partition coefficient (Wildman–Crippen LogP) is 4.55. The number of halogens is 2. The first-order valence-electron chi connectivity index (χ1n) is 9.62. The van der Waals surface area contributed by atoms with Crippen molar-refractivity contribution in [2.24, 2.45) is 0 Å². The largest absolute Gasteiger partial charge is 0.461 e. The van der Waals surface area contributed by atoms with E-state index in [1.165, 1.54) is 15.6 Å². The van der Waals surface area contributed by atoms with E-state index in [1.54, 1.807) is 57.4 Å². The number of aromatic nitrogens is 2. The molecule has 0 saturated carbocycles. The molecule has 0 aliphatic rings. The summed E-state index contributed by atoms with van der Waals surface area (Å²) in [6.45, 7) is 3.70. The molecule has 162 valence electrons. The number of rotatable bonds is 6. The summed E-state index contributed by atoms with van der Waals surface area (Å²) in [5.74, 6) is -2.39. The molecule has 9 heteroatoms. The molecular formula is C22H22F2N4O3. The number of nitrogens with one attached hydrogen (secondary N) is 1. The van der Waals surface area contributed by atoms with Crippen molar-refractivity contribution in [1.82, 2.24) is 14.7 Å². The van der Waals surface area contributed by atoms with Gasteiger partial charge < -0.3 is 15.0 Å². The van der Waals surface area contributed by atoms with E-state index in [2.05, 4.69) is 10.4 Å². The van der Waals surface area contributed by atoms with Crippen LogP contribution in [0.3, 0.4) is 0 Å². The molecule has 2 aromatic carbocycles. The van der Waals surface area contributed by atoms with Gasteiger partial charge in [0.05, 0.1) is 18.3 Å². The Morgan fingerprint density at radius 2 is 1.84 bits per heavy atom. The van der Waals surface area contributed by atoms with Crippen LogP contribution in [0.2, 0.25) is 0 Å². The summed E-state index contributed by atoms with van der Waals surface area (Å²) < 4.78 is 33.1. The summed E-state index contributed by atoms with van der Waals surface area (Å²) >= 11 is 0. The number of carbonyl (C=O) groups is 2. The molecule has 1 aromatic heterocycles. The first-order valence-corrected chi connectivity index (χ1v) is 9.62. The standard InChI is InChI=1S/C22H22F2N4O3/c1-4-31-21(29)20-11-12-28(26-20)17-8-6-16(7-9-17)25-22(30)27(3)14(2)15-5-10-18(23)19(24)13-15/h5-14H,4H2,1-3H3,(H,25,30). The number of hydrogen-bond donors (Lipinski definition) is 1. The molecule has 1 atom stereocenters. The van der Waals surface area contributed by atoms with Gasteiger partial charge in [-0.15, -0.1) is 0 Å². The lowest BCUT2D eigenvalue weighted by molar-refractivity contribution is 0.0519. The summed E-state index contributed by atoms with van der Waals surface area (Å²) in [6.07, 6.45) is 1.64. The monoisotopic (exact) mass is 428 g/mol. The third-order valence-electron chi connectivity index (χ3n) is 4.78. The number of anilines is 1. The van der Waals surface area contributed by atoms with Crippen molar-refractivity contribution in [3.63, 3.8) is 0 Å². The fourth-order valence-electron chi connectivity index (χ4n) is 2.86. The molecule has 2 amide bonds. The van der Waals surface area contributed by atoms with E-state index in [-0.39, 0.29) is 12.3 Å². The third kappa shape index (κ3) is 5.06. The van der Waals surface area contributed by atoms with Crippen LogP contribution in [0.15, 0.2) is 54.7 Å². The van der Waals surface area contributed by atoms with Gasteiger partial charge in [-0.1, -0.05) is 6.07 Å². The molecule has 1 N–H and O–H groups in total. The second kappa shape index (κ2) is 9.38. The summed E-state index contributed by atoms with van der Waals surface area (Å²) in [6, 6.07) is 11.1. The Morgan fingerprint density at radius 1 is 1.13 bits per heavy atom. The Morgan fingerprint density at radius 3 is 2.48 bits per heavy atom. The van der Waals surface area contributed by atoms with Crippen LogP contribution in [0.4, 0.5) is 19.3 Å². The number of urea groups is 1. The zero-order valence-corrected chi connectivity index (χ0v) is 17.3. The van der Waals surface area contributed by atoms with Crippen molar-refractivity contribution in [3.05, 3.63) is 77.6 Å². The molecule has 7 nitrogen and oxygen atoms in total. The molecule has 1 heterocycles. The third-order valence-corrected chi connectivity index (χ3v) is 4.78. The van der Waals surface area contributed by atoms with E-state index in [0.717, 1.165) is 12.1 Å². The molecule has 3 aromatic rings. The van der Waals surface area contributed by atoms with Gasteiger partial charge in [-0.05, 0) is 61.9 Å². The van der Waals surface area contributed by atoms with Gasteiger partial charge in [0, 0.05) is 18.9 Å². The van der Waals surface area contributed by atoms with Crippen LogP contribution >= 0.6 is 0 Å². The molecule has 0 aliphatic carbocycles. The highest BCUT2D eigenvalue weighted by molar-refractivity contribution is 5.89. The first-order chi connectivity index (χ1) is 14.8. The van der Waals surface area contributed by atoms with Gasteiger partial charge in [-0.25, -0.2) is 23.1 Å². The number of hydrogen-bond acceptors (Lipinski definition) is 4. The van der Waals surface area contributed by atoms with Crippen molar-refractivity contribution in [3.8, 4) is 5.69 Å². The number of amides is 2. The average molecular weight is 428 g/mol. The number of nitrogens with zero attached hydrogens (tertiary/aromatic N) is 3. The number of carbonyl (C=O) groups excluding carboxylic acids is 2. The van der Waals surface area contributed by atoms with Gasteiger partial charge in [-0.2, -0.15) is 5.10 Å². The molecule has 0 fully saturated rings. The first kappa shape index (κ1) is 21.9. The highest BCUT2D eigenvalue weighted by Gasteiger charge is 2.19. The molecule has 31 heavy (non-hydrogen) atoms. The normalized spacial score (nSPS) is 11.6. The van der Waals surface area contributed by atoms with Crippen LogP contribution in [-0.4, -0.2) is 40.3 Å². The SMILES string of the molecule is CCOC(=O)c1ccn(-c2ccc(NC(=O)N(C)C(C)c3ccc(F)c(F)c3)cc2)n1. The average Bonchev–Trinajstić information content (AvgIpc) is 3.26. The van der Waals surface area contributed by atoms with E-state index in [0.29, 0.717) is 16.9 Å². The molecule has 0 radical (unpaired) electrons. The lowest BCUT2D eigenvalue weighted by atomic mass is 10.1. The van der Waals surface area contributed by atoms with Crippen LogP contribution in [-0.2, 0) is 4.74 Å². The van der Waals surface area contributed by atoms with E-state index in [1.807, 2.05) is 0 Å². The highest BCUT2D eigenvalue weighted by atomic mass is 19.2. The summed E-state index contributed by atoms with van der Waals surface area (Å²) in [4.78, 5) is 25.7. The maximum Gasteiger partial charge on any atom is 0.358 e. The number of esters is 1. The van der Waals surface area contributed by atoms with Crippen LogP contribution in [0, 0.1) is 11.6 Å². The van der Waals surface area contributed by atoms with Gasteiger partial charge >= 0.3 is 12.0 Å². The highest BCUT2D eigenvalue weighted by Crippen LogP contribution is 2.22. The van der Waals surface area contributed by atoms with Crippen molar-refractivity contribution in [2.75, 3.05) is 19.0 Å². The molecule has 3 rings (SSSR count). The zero-order chi connectivity index (χ0) is 22.5. The van der Waals surface area contributed by atoms with Gasteiger partial charge in [0.15, 0.2) is 17.3 Å². The van der Waals surface area contributed by atoms with E-state index >= 15 is 0 Å². The lowest BCUT2D eigenvalue weighted by Crippen LogP contribution is -2.33. The minimum atomic E-state index is -0.960. The van der Waals surface area contributed by atoms with Crippen molar-refractivity contribution < 1.29 is 23.1 Å². The number of ether oxygens (including phenoxy) is 1. The molecule has 1 unspecified atom stereocenters. The molecule has 0 bridgehead atoms. The summed E-state index contributed by atoms with van der Waals surface area (Å²) in [5.41, 5.74) is 1.91. The van der Waals surface area contributed by atoms with Gasteiger partial charge in [0.25, 0.3) is 0 Å². The second-order valence-electron chi connectivity index (χ2n) is 6.80. The van der Waals surface area contributed by atoms with Crippen LogP contribution in [0.5, 0.6) is 0 Å². The Kier molecular flexibility index (Phi) is 6.64. The Balaban J connectivity index is 1.65. The van der Waals surface area contributed by atoms with E-state index < -0.39 is 29.7 Å². The predicted molar refractivity (Wildman–Crippen MR) is 111 cm³/mol. The Bertz CT molecular complexity index is 1080. The van der Waals surface area contributed by atoms with E-state index in [9.17, 15) is 18.4 Å². The molecule has 0 saturated heterocycles. The smallest absolute Gasteiger partial charge is 0.358 e. The molecular weight excluding hydrogens is 406 g/mol. The van der Waals surface area contributed by atoms with Crippen molar-refractivity contribution in [2.45, 2.75) is 19.9 Å². The maximum atomic E-state index is 13.5. The van der Waals surface area contributed by atoms with Gasteiger partial charge in [-0.3, -0.25) is 0 Å². The number of benzene rings is 2. The van der Waals surface area contributed by atoms with Crippen LogP contribution in [0.25, 0.3) is 5.69 Å². The second-order valence-corrected chi connectivity index (χ2v) is 6.80. The van der Waals surface area contributed by atoms with Crippen LogP contribution < -0.4 is 5.32 Å². The minimum Gasteiger partial charge on any atom is -0.461 e. The fourth-order valence-corrected chi connectivity index (χ4v) is 2.86. The van der Waals surface area contributed by atoms with Crippen molar-refractivity contribution in [1.29, 1.82) is 0 Å². The Hall–Kier alpha value is -3.75. The summed E-state index contributed by atoms with van der Waals surface area (Å²) in [5, 5.41) is 6.93. The fraction of sp³-hybridized carbons (Fsp3) is 0.227. The van der Waals surface area contributed by atoms with Crippen LogP contribution in [0.1, 0.15) is 35.9 Å². The minimum absolute atomic E-state index is 0.201. The van der Waals surface area contributed by atoms with Gasteiger partial charge in [0.2, 0.25) is 0 Å². The molecule has 0 spiro atoms. The quantitative estimate of drug-likeness (QED) is 0.585. The van der Waals surface area contributed by atoms with Gasteiger partial charge in [0.1, 0.15) is 0 Å². The Labute approximate surface area is 178 Å². The van der Waals surface area contributed by atoms with E-state index in [4.69, 9.17) is 4.74 Å².